The van der Waals surface area contributed by atoms with Gasteiger partial charge in [-0.1, -0.05) is 0 Å². The molecular formula is C9H12N2OS. The van der Waals surface area contributed by atoms with E-state index in [1.165, 1.54) is 0 Å². The monoisotopic (exact) mass is 196 g/mol. The molecule has 3 nitrogen and oxygen atoms in total. The topological polar surface area (TPSA) is 34.9 Å². The number of Topliss-reactive ketones (excluding diaryl/α,β-unsaturated/α-hetero) is 1. The van der Waals surface area contributed by atoms with Crippen molar-refractivity contribution in [2.75, 3.05) is 5.75 Å². The highest BCUT2D eigenvalue weighted by molar-refractivity contribution is 7.98. The number of thioether (sulfide) groups is 1. The lowest BCUT2D eigenvalue weighted by Crippen LogP contribution is -2.06. The van der Waals surface area contributed by atoms with Crippen molar-refractivity contribution in [3.05, 3.63) is 17.0 Å². The van der Waals surface area contributed by atoms with E-state index in [-0.39, 0.29) is 5.78 Å². The molecule has 1 aliphatic rings. The molecule has 1 aromatic heterocycles. The molecule has 0 amide bonds. The number of rotatable bonds is 1. The van der Waals surface area contributed by atoms with E-state index in [2.05, 4.69) is 5.10 Å². The predicted octanol–water partition coefficient (Wildman–Crippen LogP) is 1.41. The summed E-state index contributed by atoms with van der Waals surface area (Å²) in [6, 6.07) is 0. The molecule has 0 bridgehead atoms. The highest BCUT2D eigenvalue weighted by atomic mass is 32.2. The lowest BCUT2D eigenvalue weighted by molar-refractivity contribution is 0.100. The third-order valence-electron chi connectivity index (χ3n) is 2.29. The quantitative estimate of drug-likeness (QED) is 0.637. The first kappa shape index (κ1) is 8.81. The summed E-state index contributed by atoms with van der Waals surface area (Å²) in [6.45, 7) is 1.61. The molecule has 70 valence electrons. The van der Waals surface area contributed by atoms with Gasteiger partial charge >= 0.3 is 0 Å². The normalized spacial score (nSPS) is 15.5. The Morgan fingerprint density at radius 2 is 2.38 bits per heavy atom. The second-order valence-electron chi connectivity index (χ2n) is 3.26. The van der Waals surface area contributed by atoms with E-state index in [0.717, 1.165) is 34.9 Å². The lowest BCUT2D eigenvalue weighted by atomic mass is 10.1. The second kappa shape index (κ2) is 3.18. The second-order valence-corrected chi connectivity index (χ2v) is 4.36. The first-order valence-corrected chi connectivity index (χ1v) is 5.49. The summed E-state index contributed by atoms with van der Waals surface area (Å²) in [5.41, 5.74) is 3.07. The van der Waals surface area contributed by atoms with Crippen molar-refractivity contribution in [3.63, 3.8) is 0 Å². The third-order valence-corrected chi connectivity index (χ3v) is 3.28. The van der Waals surface area contributed by atoms with Crippen molar-refractivity contribution in [2.45, 2.75) is 19.1 Å². The minimum atomic E-state index is 0.124. The van der Waals surface area contributed by atoms with Crippen LogP contribution < -0.4 is 0 Å². The zero-order valence-electron chi connectivity index (χ0n) is 7.83. The fourth-order valence-electron chi connectivity index (χ4n) is 1.76. The number of carbonyl (C=O) groups excluding carboxylic acids is 1. The van der Waals surface area contributed by atoms with E-state index in [1.54, 1.807) is 11.6 Å². The summed E-state index contributed by atoms with van der Waals surface area (Å²) in [4.78, 5) is 11.3. The van der Waals surface area contributed by atoms with Gasteiger partial charge in [-0.3, -0.25) is 9.48 Å². The van der Waals surface area contributed by atoms with Gasteiger partial charge in [0.25, 0.3) is 0 Å². The first-order valence-electron chi connectivity index (χ1n) is 4.33. The molecule has 0 radical (unpaired) electrons. The number of ketones is 1. The van der Waals surface area contributed by atoms with Gasteiger partial charge in [-0.25, -0.2) is 0 Å². The molecule has 4 heteroatoms. The number of fused-ring (bicyclic) bond motifs is 1. The van der Waals surface area contributed by atoms with Crippen LogP contribution in [0.4, 0.5) is 0 Å². The van der Waals surface area contributed by atoms with Crippen LogP contribution in [0.3, 0.4) is 0 Å². The summed E-state index contributed by atoms with van der Waals surface area (Å²) in [5.74, 6) is 2.19. The molecule has 1 aliphatic heterocycles. The fourth-order valence-corrected chi connectivity index (χ4v) is 2.75. The van der Waals surface area contributed by atoms with Crippen molar-refractivity contribution in [2.24, 2.45) is 7.05 Å². The van der Waals surface area contributed by atoms with Gasteiger partial charge in [0, 0.05) is 31.7 Å². The number of hydrogen-bond acceptors (Lipinski definition) is 3. The van der Waals surface area contributed by atoms with Gasteiger partial charge in [0.2, 0.25) is 0 Å². The molecule has 13 heavy (non-hydrogen) atoms. The SMILES string of the molecule is CC(=O)c1c2c(nn1C)CCSC2. The zero-order valence-corrected chi connectivity index (χ0v) is 8.65. The van der Waals surface area contributed by atoms with Crippen LogP contribution in [0.25, 0.3) is 0 Å². The minimum absolute atomic E-state index is 0.124. The van der Waals surface area contributed by atoms with Crippen LogP contribution in [-0.4, -0.2) is 21.3 Å². The molecule has 0 atom stereocenters. The highest BCUT2D eigenvalue weighted by Crippen LogP contribution is 2.26. The van der Waals surface area contributed by atoms with E-state index < -0.39 is 0 Å². The van der Waals surface area contributed by atoms with E-state index in [4.69, 9.17) is 0 Å². The molecule has 0 aromatic carbocycles. The van der Waals surface area contributed by atoms with Crippen molar-refractivity contribution in [3.8, 4) is 0 Å². The van der Waals surface area contributed by atoms with Crippen molar-refractivity contribution < 1.29 is 4.79 Å². The van der Waals surface area contributed by atoms with Gasteiger partial charge in [0.1, 0.15) is 5.69 Å². The van der Waals surface area contributed by atoms with Gasteiger partial charge in [0.05, 0.1) is 5.69 Å². The van der Waals surface area contributed by atoms with Gasteiger partial charge < -0.3 is 0 Å². The summed E-state index contributed by atoms with van der Waals surface area (Å²) >= 11 is 1.88. The van der Waals surface area contributed by atoms with E-state index in [1.807, 2.05) is 18.8 Å². The molecule has 1 aromatic rings. The summed E-state index contributed by atoms with van der Waals surface area (Å²) < 4.78 is 1.72. The van der Waals surface area contributed by atoms with Gasteiger partial charge in [0.15, 0.2) is 5.78 Å². The third kappa shape index (κ3) is 1.39. The molecule has 0 unspecified atom stereocenters. The van der Waals surface area contributed by atoms with E-state index in [0.29, 0.717) is 0 Å². The average Bonchev–Trinajstić information content (AvgIpc) is 2.39. The molecule has 0 aliphatic carbocycles. The Morgan fingerprint density at radius 3 is 3.08 bits per heavy atom. The minimum Gasteiger partial charge on any atom is -0.293 e. The van der Waals surface area contributed by atoms with Crippen LogP contribution in [0.1, 0.15) is 28.7 Å². The maximum absolute atomic E-state index is 11.3. The number of hydrogen-bond donors (Lipinski definition) is 0. The number of aryl methyl sites for hydroxylation is 2. The fraction of sp³-hybridized carbons (Fsp3) is 0.556. The van der Waals surface area contributed by atoms with Crippen molar-refractivity contribution in [1.29, 1.82) is 0 Å². The highest BCUT2D eigenvalue weighted by Gasteiger charge is 2.21. The smallest absolute Gasteiger partial charge is 0.178 e. The molecule has 0 N–H and O–H groups in total. The molecule has 0 saturated heterocycles. The Bertz CT molecular complexity index is 357. The number of carbonyl (C=O) groups is 1. The van der Waals surface area contributed by atoms with Crippen molar-refractivity contribution in [1.82, 2.24) is 9.78 Å². The predicted molar refractivity (Wildman–Crippen MR) is 53.1 cm³/mol. The molecule has 0 spiro atoms. The summed E-state index contributed by atoms with van der Waals surface area (Å²) in [7, 11) is 1.85. The molecule has 2 rings (SSSR count). The van der Waals surface area contributed by atoms with Gasteiger partial charge in [-0.2, -0.15) is 16.9 Å². The van der Waals surface area contributed by atoms with Crippen LogP contribution in [0.5, 0.6) is 0 Å². The zero-order chi connectivity index (χ0) is 9.42. The van der Waals surface area contributed by atoms with Crippen LogP contribution in [-0.2, 0) is 19.2 Å². The van der Waals surface area contributed by atoms with E-state index >= 15 is 0 Å². The van der Waals surface area contributed by atoms with Gasteiger partial charge in [-0.15, -0.1) is 0 Å². The number of nitrogens with zero attached hydrogens (tertiary/aromatic N) is 2. The number of aromatic nitrogens is 2. The molecular weight excluding hydrogens is 184 g/mol. The molecule has 2 heterocycles. The average molecular weight is 196 g/mol. The van der Waals surface area contributed by atoms with Crippen LogP contribution in [0, 0.1) is 0 Å². The lowest BCUT2D eigenvalue weighted by Gasteiger charge is -2.09. The van der Waals surface area contributed by atoms with Crippen LogP contribution in [0.15, 0.2) is 0 Å². The Hall–Kier alpha value is -0.770. The Morgan fingerprint density at radius 1 is 1.62 bits per heavy atom. The molecule has 0 fully saturated rings. The maximum Gasteiger partial charge on any atom is 0.178 e. The van der Waals surface area contributed by atoms with Crippen LogP contribution in [0.2, 0.25) is 0 Å². The van der Waals surface area contributed by atoms with Gasteiger partial charge in [-0.05, 0) is 5.75 Å². The Kier molecular flexibility index (Phi) is 2.15. The summed E-state index contributed by atoms with van der Waals surface area (Å²) in [5, 5.41) is 4.35. The Balaban J connectivity index is 2.54. The standard InChI is InChI=1S/C9H12N2OS/c1-6(12)9-7-5-13-4-3-8(7)10-11(9)2/h3-5H2,1-2H3. The largest absolute Gasteiger partial charge is 0.293 e. The molecule has 0 saturated carbocycles. The Labute approximate surface area is 81.5 Å². The summed E-state index contributed by atoms with van der Waals surface area (Å²) in [6.07, 6.45) is 1.00. The van der Waals surface area contributed by atoms with E-state index in [9.17, 15) is 4.79 Å². The first-order chi connectivity index (χ1) is 6.20. The van der Waals surface area contributed by atoms with Crippen LogP contribution >= 0.6 is 11.8 Å². The van der Waals surface area contributed by atoms with Crippen molar-refractivity contribution >= 4 is 17.5 Å². The maximum atomic E-state index is 11.3.